The van der Waals surface area contributed by atoms with Gasteiger partial charge in [0.25, 0.3) is 0 Å². The lowest BCUT2D eigenvalue weighted by molar-refractivity contribution is 0.104. The lowest BCUT2D eigenvalue weighted by atomic mass is 9.92. The van der Waals surface area contributed by atoms with Gasteiger partial charge in [-0.05, 0) is 35.9 Å². The van der Waals surface area contributed by atoms with Crippen LogP contribution in [0.2, 0.25) is 0 Å². The second-order valence-electron chi connectivity index (χ2n) is 8.78. The number of carbonyl (C=O) groups is 1. The minimum absolute atomic E-state index is 0.0976. The summed E-state index contributed by atoms with van der Waals surface area (Å²) in [7, 11) is 0. The highest BCUT2D eigenvalue weighted by Crippen LogP contribution is 2.39. The van der Waals surface area contributed by atoms with E-state index in [0.717, 1.165) is 28.0 Å². The van der Waals surface area contributed by atoms with Gasteiger partial charge in [0.15, 0.2) is 11.2 Å². The summed E-state index contributed by atoms with van der Waals surface area (Å²) in [6, 6.07) is 31.4. The van der Waals surface area contributed by atoms with Gasteiger partial charge in [0.1, 0.15) is 23.2 Å². The van der Waals surface area contributed by atoms with Crippen LogP contribution < -0.4 is 10.2 Å². The molecule has 1 aromatic heterocycles. The third-order valence-corrected chi connectivity index (χ3v) is 6.42. The summed E-state index contributed by atoms with van der Waals surface area (Å²) in [6.45, 7) is 0. The summed E-state index contributed by atoms with van der Waals surface area (Å²) in [5.74, 6) is 1.11. The van der Waals surface area contributed by atoms with Gasteiger partial charge in [0.2, 0.25) is 0 Å². The Hall–Kier alpha value is -4.96. The number of allylic oxidation sites excluding steroid dienone is 1. The van der Waals surface area contributed by atoms with Crippen LogP contribution in [0.5, 0.6) is 5.75 Å². The van der Waals surface area contributed by atoms with E-state index in [1.54, 1.807) is 36.4 Å². The predicted molar refractivity (Wildman–Crippen MR) is 147 cm³/mol. The van der Waals surface area contributed by atoms with E-state index in [1.165, 1.54) is 6.07 Å². The van der Waals surface area contributed by atoms with Crippen LogP contribution >= 0.6 is 0 Å². The molecule has 1 unspecified atom stereocenters. The van der Waals surface area contributed by atoms with Gasteiger partial charge in [-0.3, -0.25) is 9.59 Å². The molecule has 0 N–H and O–H groups in total. The van der Waals surface area contributed by atoms with Crippen molar-refractivity contribution in [1.29, 1.82) is 0 Å². The smallest absolute Gasteiger partial charge is 0.193 e. The number of para-hydroxylation sites is 2. The fraction of sp³-hybridized carbons (Fsp3) is 0.0303. The fourth-order valence-corrected chi connectivity index (χ4v) is 4.61. The van der Waals surface area contributed by atoms with Gasteiger partial charge < -0.3 is 9.15 Å². The largest absolute Gasteiger partial charge is 0.481 e. The third kappa shape index (κ3) is 4.41. The van der Waals surface area contributed by atoms with Crippen molar-refractivity contribution in [3.05, 3.63) is 148 Å². The number of benzene rings is 4. The first kappa shape index (κ1) is 22.5. The summed E-state index contributed by atoms with van der Waals surface area (Å²) in [5.41, 5.74) is 4.33. The van der Waals surface area contributed by atoms with Gasteiger partial charge >= 0.3 is 0 Å². The number of carbonyl (C=O) groups excluding carboxylic acids is 1. The number of ketones is 1. The summed E-state index contributed by atoms with van der Waals surface area (Å²) < 4.78 is 12.6. The summed E-state index contributed by atoms with van der Waals surface area (Å²) >= 11 is 0. The Labute approximate surface area is 213 Å². The Morgan fingerprint density at radius 3 is 2.49 bits per heavy atom. The zero-order chi connectivity index (χ0) is 25.2. The van der Waals surface area contributed by atoms with E-state index in [1.807, 2.05) is 84.9 Å². The van der Waals surface area contributed by atoms with Crippen molar-refractivity contribution < 1.29 is 13.9 Å². The molecule has 5 aromatic rings. The number of hydrogen-bond acceptors (Lipinski definition) is 4. The monoisotopic (exact) mass is 482 g/mol. The molecule has 0 radical (unpaired) electrons. The standard InChI is InChI=1S/C33H22O4/c34-27(22-9-2-1-3-10-22)19-17-24-12-8-14-26(32-21-28(35)25-13-5-7-16-30(25)37-32)33(24)31-20-18-23-11-4-6-15-29(23)36-31/h1-21,31H. The first-order chi connectivity index (χ1) is 18.2. The molecule has 0 saturated heterocycles. The van der Waals surface area contributed by atoms with Crippen LogP contribution in [-0.2, 0) is 0 Å². The number of fused-ring (bicyclic) bond motifs is 2. The Morgan fingerprint density at radius 1 is 0.811 bits per heavy atom. The van der Waals surface area contributed by atoms with Gasteiger partial charge in [-0.25, -0.2) is 0 Å². The van der Waals surface area contributed by atoms with Crippen LogP contribution in [0.15, 0.2) is 124 Å². The fourth-order valence-electron chi connectivity index (χ4n) is 4.61. The molecule has 4 nitrogen and oxygen atoms in total. The van der Waals surface area contributed by atoms with E-state index in [4.69, 9.17) is 9.15 Å². The van der Waals surface area contributed by atoms with Crippen molar-refractivity contribution in [3.8, 4) is 17.1 Å². The molecule has 0 spiro atoms. The van der Waals surface area contributed by atoms with E-state index in [-0.39, 0.29) is 11.2 Å². The van der Waals surface area contributed by atoms with Gasteiger partial charge in [-0.1, -0.05) is 91.0 Å². The van der Waals surface area contributed by atoms with Crippen LogP contribution in [0.25, 0.3) is 34.4 Å². The average Bonchev–Trinajstić information content (AvgIpc) is 2.96. The SMILES string of the molecule is O=C(C=Cc1cccc(-c2cc(=O)c3ccccc3o2)c1C1C=Cc2ccccc2O1)c1ccccc1. The summed E-state index contributed by atoms with van der Waals surface area (Å²) in [6.07, 6.45) is 6.92. The highest BCUT2D eigenvalue weighted by molar-refractivity contribution is 6.07. The lowest BCUT2D eigenvalue weighted by Crippen LogP contribution is -2.12. The average molecular weight is 483 g/mol. The van der Waals surface area contributed by atoms with Crippen molar-refractivity contribution in [2.24, 2.45) is 0 Å². The normalized spacial score (nSPS) is 14.4. The van der Waals surface area contributed by atoms with Crippen molar-refractivity contribution in [2.45, 2.75) is 6.10 Å². The van der Waals surface area contributed by atoms with Crippen molar-refractivity contribution in [3.63, 3.8) is 0 Å². The van der Waals surface area contributed by atoms with Crippen LogP contribution in [0.4, 0.5) is 0 Å². The molecular formula is C33H22O4. The molecule has 0 saturated carbocycles. The van der Waals surface area contributed by atoms with E-state index < -0.39 is 6.10 Å². The molecule has 0 bridgehead atoms. The third-order valence-electron chi connectivity index (χ3n) is 6.42. The molecular weight excluding hydrogens is 460 g/mol. The minimum Gasteiger partial charge on any atom is -0.481 e. The van der Waals surface area contributed by atoms with Gasteiger partial charge in [-0.15, -0.1) is 0 Å². The maximum atomic E-state index is 12.9. The van der Waals surface area contributed by atoms with Crippen LogP contribution in [0.1, 0.15) is 33.2 Å². The van der Waals surface area contributed by atoms with Crippen molar-refractivity contribution in [2.75, 3.05) is 0 Å². The van der Waals surface area contributed by atoms with Crippen LogP contribution in [0.3, 0.4) is 0 Å². The van der Waals surface area contributed by atoms with Crippen molar-refractivity contribution >= 4 is 28.9 Å². The highest BCUT2D eigenvalue weighted by Gasteiger charge is 2.24. The summed E-state index contributed by atoms with van der Waals surface area (Å²) in [5, 5.41) is 0.528. The molecule has 6 rings (SSSR count). The van der Waals surface area contributed by atoms with E-state index in [9.17, 15) is 9.59 Å². The predicted octanol–water partition coefficient (Wildman–Crippen LogP) is 7.50. The molecule has 1 aliphatic heterocycles. The number of hydrogen-bond donors (Lipinski definition) is 0. The first-order valence-electron chi connectivity index (χ1n) is 12.0. The highest BCUT2D eigenvalue weighted by atomic mass is 16.5. The quantitative estimate of drug-likeness (QED) is 0.192. The molecule has 0 fully saturated rings. The van der Waals surface area contributed by atoms with Gasteiger partial charge in [0.05, 0.1) is 5.39 Å². The van der Waals surface area contributed by atoms with E-state index in [0.29, 0.717) is 22.3 Å². The number of ether oxygens (including phenoxy) is 1. The Kier molecular flexibility index (Phi) is 5.83. The lowest BCUT2D eigenvalue weighted by Gasteiger charge is -2.25. The van der Waals surface area contributed by atoms with Gasteiger partial charge in [0, 0.05) is 28.3 Å². The maximum absolute atomic E-state index is 12.9. The molecule has 37 heavy (non-hydrogen) atoms. The second-order valence-corrected chi connectivity index (χ2v) is 8.78. The number of rotatable bonds is 5. The van der Waals surface area contributed by atoms with E-state index >= 15 is 0 Å². The van der Waals surface area contributed by atoms with Crippen LogP contribution in [-0.4, -0.2) is 5.78 Å². The summed E-state index contributed by atoms with van der Waals surface area (Å²) in [4.78, 5) is 25.7. The molecule has 1 aliphatic rings. The maximum Gasteiger partial charge on any atom is 0.193 e. The van der Waals surface area contributed by atoms with Crippen LogP contribution in [0, 0.1) is 0 Å². The second kappa shape index (κ2) is 9.59. The molecule has 1 atom stereocenters. The Bertz CT molecular complexity index is 1740. The molecule has 0 amide bonds. The van der Waals surface area contributed by atoms with Gasteiger partial charge in [-0.2, -0.15) is 0 Å². The molecule has 4 heteroatoms. The molecule has 2 heterocycles. The Balaban J connectivity index is 1.50. The minimum atomic E-state index is -0.450. The molecule has 178 valence electrons. The zero-order valence-corrected chi connectivity index (χ0v) is 19.8. The topological polar surface area (TPSA) is 56.5 Å². The Morgan fingerprint density at radius 2 is 1.59 bits per heavy atom. The molecule has 0 aliphatic carbocycles. The zero-order valence-electron chi connectivity index (χ0n) is 19.8. The van der Waals surface area contributed by atoms with Crippen molar-refractivity contribution in [1.82, 2.24) is 0 Å². The van der Waals surface area contributed by atoms with E-state index in [2.05, 4.69) is 0 Å². The molecule has 4 aromatic carbocycles. The first-order valence-corrected chi connectivity index (χ1v) is 12.0.